The van der Waals surface area contributed by atoms with Gasteiger partial charge >= 0.3 is 11.9 Å². The minimum absolute atomic E-state index is 0.162. The van der Waals surface area contributed by atoms with Gasteiger partial charge in [0.25, 0.3) is 0 Å². The molecule has 1 heterocycles. The van der Waals surface area contributed by atoms with Crippen molar-refractivity contribution < 1.29 is 27.7 Å². The largest absolute Gasteiger partial charge is 0.421 e. The fourth-order valence-electron chi connectivity index (χ4n) is 2.09. The summed E-state index contributed by atoms with van der Waals surface area (Å²) in [7, 11) is 0. The molecule has 1 aromatic heterocycles. The molecule has 0 amide bonds. The Morgan fingerprint density at radius 1 is 1.35 bits per heavy atom. The third-order valence-electron chi connectivity index (χ3n) is 3.29. The molecule has 1 aromatic carbocycles. The highest BCUT2D eigenvalue weighted by molar-refractivity contribution is 9.10. The summed E-state index contributed by atoms with van der Waals surface area (Å²) in [6.07, 6.45) is -6.23. The number of nitrogens with zero attached hydrogens (tertiary/aromatic N) is 2. The van der Waals surface area contributed by atoms with Gasteiger partial charge in [0.15, 0.2) is 11.3 Å². The predicted octanol–water partition coefficient (Wildman–Crippen LogP) is 3.65. The summed E-state index contributed by atoms with van der Waals surface area (Å²) < 4.78 is 45.4. The van der Waals surface area contributed by atoms with E-state index in [9.17, 15) is 28.4 Å². The van der Waals surface area contributed by atoms with E-state index in [1.54, 1.807) is 0 Å². The maximum absolute atomic E-state index is 13.4. The first kappa shape index (κ1) is 17.4. The van der Waals surface area contributed by atoms with Gasteiger partial charge in [0, 0.05) is 4.47 Å². The van der Waals surface area contributed by atoms with Gasteiger partial charge in [0.1, 0.15) is 0 Å². The number of hydrogen-bond acceptors (Lipinski definition) is 5. The minimum atomic E-state index is -5.07. The van der Waals surface area contributed by atoms with E-state index < -0.39 is 40.1 Å². The smallest absolute Gasteiger partial charge is 0.376 e. The first-order chi connectivity index (χ1) is 10.6. The van der Waals surface area contributed by atoms with Gasteiger partial charge in [-0.15, -0.1) is 0 Å². The second-order valence-electron chi connectivity index (χ2n) is 4.84. The van der Waals surface area contributed by atoms with Crippen LogP contribution >= 0.6 is 15.9 Å². The highest BCUT2D eigenvalue weighted by Gasteiger charge is 2.56. The molecule has 0 bridgehead atoms. The highest BCUT2D eigenvalue weighted by atomic mass is 79.9. The average molecular weight is 395 g/mol. The normalized spacial score (nSPS) is 14.5. The molecule has 0 aliphatic carbocycles. The predicted molar refractivity (Wildman–Crippen MR) is 75.7 cm³/mol. The van der Waals surface area contributed by atoms with Gasteiger partial charge in [-0.2, -0.15) is 13.2 Å². The standard InChI is InChI=1S/C13H10BrF3N2O4/c1-7-11(19(21)22)10(23-18-7)6-12(20,13(15,16)17)8-2-4-9(14)5-3-8/h2-5,20H,6H2,1H3/t12-/m1/s1. The molecule has 2 rings (SSSR count). The fourth-order valence-corrected chi connectivity index (χ4v) is 2.35. The van der Waals surface area contributed by atoms with Crippen molar-refractivity contribution in [1.29, 1.82) is 0 Å². The van der Waals surface area contributed by atoms with Crippen LogP contribution in [-0.4, -0.2) is 21.4 Å². The summed E-state index contributed by atoms with van der Waals surface area (Å²) in [4.78, 5) is 10.1. The Hall–Kier alpha value is -1.94. The molecule has 23 heavy (non-hydrogen) atoms. The third-order valence-corrected chi connectivity index (χ3v) is 3.82. The van der Waals surface area contributed by atoms with Crippen molar-refractivity contribution in [2.75, 3.05) is 0 Å². The Balaban J connectivity index is 2.53. The summed E-state index contributed by atoms with van der Waals surface area (Å²) in [6, 6.07) is 4.80. The van der Waals surface area contributed by atoms with E-state index in [-0.39, 0.29) is 5.69 Å². The van der Waals surface area contributed by atoms with Crippen molar-refractivity contribution in [3.63, 3.8) is 0 Å². The number of nitro groups is 1. The molecule has 0 saturated carbocycles. The second-order valence-corrected chi connectivity index (χ2v) is 5.75. The van der Waals surface area contributed by atoms with Crippen molar-refractivity contribution in [2.24, 2.45) is 0 Å². The van der Waals surface area contributed by atoms with E-state index >= 15 is 0 Å². The molecule has 0 unspecified atom stereocenters. The van der Waals surface area contributed by atoms with Crippen LogP contribution in [0.15, 0.2) is 33.3 Å². The molecular formula is C13H10BrF3N2O4. The molecular weight excluding hydrogens is 385 g/mol. The van der Waals surface area contributed by atoms with E-state index in [1.807, 2.05) is 0 Å². The van der Waals surface area contributed by atoms with Crippen molar-refractivity contribution in [3.05, 3.63) is 55.9 Å². The molecule has 0 aliphatic rings. The summed E-state index contributed by atoms with van der Waals surface area (Å²) in [5, 5.41) is 24.5. The molecule has 10 heteroatoms. The molecule has 0 aliphatic heterocycles. The van der Waals surface area contributed by atoms with Crippen LogP contribution in [-0.2, 0) is 12.0 Å². The summed E-state index contributed by atoms with van der Waals surface area (Å²) >= 11 is 3.08. The number of hydrogen-bond donors (Lipinski definition) is 1. The molecule has 0 spiro atoms. The summed E-state index contributed by atoms with van der Waals surface area (Å²) in [5.74, 6) is -0.643. The molecule has 2 aromatic rings. The Kier molecular flexibility index (Phi) is 4.49. The number of aryl methyl sites for hydroxylation is 1. The SMILES string of the molecule is Cc1noc(C[C@@](O)(c2ccc(Br)cc2)C(F)(F)F)c1[N+](=O)[O-]. The molecule has 1 atom stereocenters. The van der Waals surface area contributed by atoms with Crippen LogP contribution in [0.5, 0.6) is 0 Å². The summed E-state index contributed by atoms with van der Waals surface area (Å²) in [6.45, 7) is 1.23. The maximum Gasteiger partial charge on any atom is 0.421 e. The van der Waals surface area contributed by atoms with E-state index in [0.717, 1.165) is 12.1 Å². The van der Waals surface area contributed by atoms with Gasteiger partial charge in [0.05, 0.1) is 11.3 Å². The van der Waals surface area contributed by atoms with Crippen LogP contribution < -0.4 is 0 Å². The second kappa shape index (κ2) is 5.93. The van der Waals surface area contributed by atoms with E-state index in [0.29, 0.717) is 4.47 Å². The van der Waals surface area contributed by atoms with Crippen molar-refractivity contribution >= 4 is 21.6 Å². The van der Waals surface area contributed by atoms with Gasteiger partial charge in [0.2, 0.25) is 5.76 Å². The zero-order chi connectivity index (χ0) is 17.4. The number of aliphatic hydroxyl groups is 1. The monoisotopic (exact) mass is 394 g/mol. The maximum atomic E-state index is 13.4. The Labute approximate surface area is 136 Å². The Morgan fingerprint density at radius 2 is 1.91 bits per heavy atom. The van der Waals surface area contributed by atoms with Crippen molar-refractivity contribution in [2.45, 2.75) is 25.1 Å². The van der Waals surface area contributed by atoms with Gasteiger partial charge in [-0.3, -0.25) is 10.1 Å². The van der Waals surface area contributed by atoms with E-state index in [2.05, 4.69) is 25.6 Å². The Bertz CT molecular complexity index is 730. The third kappa shape index (κ3) is 3.22. The van der Waals surface area contributed by atoms with Crippen LogP contribution in [0.3, 0.4) is 0 Å². The lowest BCUT2D eigenvalue weighted by Crippen LogP contribution is -2.44. The number of halogens is 4. The van der Waals surface area contributed by atoms with Gasteiger partial charge in [-0.1, -0.05) is 33.2 Å². The average Bonchev–Trinajstić information content (AvgIpc) is 2.79. The lowest BCUT2D eigenvalue weighted by Gasteiger charge is -2.30. The van der Waals surface area contributed by atoms with Crippen LogP contribution in [0.4, 0.5) is 18.9 Å². The quantitative estimate of drug-likeness (QED) is 0.631. The number of aromatic nitrogens is 1. The van der Waals surface area contributed by atoms with Crippen LogP contribution in [0, 0.1) is 17.0 Å². The van der Waals surface area contributed by atoms with Gasteiger partial charge < -0.3 is 9.63 Å². The lowest BCUT2D eigenvalue weighted by atomic mass is 9.88. The van der Waals surface area contributed by atoms with Crippen molar-refractivity contribution in [3.8, 4) is 0 Å². The highest BCUT2D eigenvalue weighted by Crippen LogP contribution is 2.43. The number of benzene rings is 1. The van der Waals surface area contributed by atoms with E-state index in [4.69, 9.17) is 0 Å². The van der Waals surface area contributed by atoms with Crippen LogP contribution in [0.2, 0.25) is 0 Å². The first-order valence-corrected chi connectivity index (χ1v) is 7.00. The zero-order valence-corrected chi connectivity index (χ0v) is 13.2. The zero-order valence-electron chi connectivity index (χ0n) is 11.6. The van der Waals surface area contributed by atoms with Crippen LogP contribution in [0.1, 0.15) is 17.0 Å². The lowest BCUT2D eigenvalue weighted by molar-refractivity contribution is -0.387. The molecule has 0 fully saturated rings. The van der Waals surface area contributed by atoms with Gasteiger partial charge in [-0.25, -0.2) is 0 Å². The minimum Gasteiger partial charge on any atom is -0.376 e. The molecule has 6 nitrogen and oxygen atoms in total. The fraction of sp³-hybridized carbons (Fsp3) is 0.308. The number of alkyl halides is 3. The summed E-state index contributed by atoms with van der Waals surface area (Å²) in [5.41, 5.74) is -4.64. The van der Waals surface area contributed by atoms with Crippen molar-refractivity contribution in [1.82, 2.24) is 5.16 Å². The van der Waals surface area contributed by atoms with E-state index in [1.165, 1.54) is 19.1 Å². The molecule has 0 radical (unpaired) electrons. The molecule has 124 valence electrons. The topological polar surface area (TPSA) is 89.4 Å². The molecule has 1 N–H and O–H groups in total. The Morgan fingerprint density at radius 3 is 2.39 bits per heavy atom. The first-order valence-electron chi connectivity index (χ1n) is 6.21. The number of rotatable bonds is 4. The molecule has 0 saturated heterocycles. The van der Waals surface area contributed by atoms with Crippen LogP contribution in [0.25, 0.3) is 0 Å². The van der Waals surface area contributed by atoms with Gasteiger partial charge in [-0.05, 0) is 24.6 Å².